The highest BCUT2D eigenvalue weighted by Gasteiger charge is 2.20. The first-order chi connectivity index (χ1) is 10.6. The number of nitrogens with one attached hydrogen (secondary N) is 1. The maximum Gasteiger partial charge on any atom is 0.408 e. The van der Waals surface area contributed by atoms with Crippen molar-refractivity contribution < 1.29 is 18.7 Å². The number of rotatable bonds is 4. The first-order valence-electron chi connectivity index (χ1n) is 7.19. The third-order valence-electron chi connectivity index (χ3n) is 2.72. The van der Waals surface area contributed by atoms with Crippen LogP contribution < -0.4 is 5.32 Å². The number of halogens is 1. The van der Waals surface area contributed by atoms with Gasteiger partial charge in [0.05, 0.1) is 12.8 Å². The van der Waals surface area contributed by atoms with Crippen LogP contribution in [-0.4, -0.2) is 30.7 Å². The zero-order valence-corrected chi connectivity index (χ0v) is 14.1. The molecule has 1 atom stereocenters. The topological polar surface area (TPSA) is 59.9 Å². The zero-order valence-electron chi connectivity index (χ0n) is 14.1. The molecule has 1 unspecified atom stereocenters. The molecule has 1 amide bonds. The Morgan fingerprint density at radius 3 is 2.57 bits per heavy atom. The maximum atomic E-state index is 13.2. The van der Waals surface area contributed by atoms with Crippen molar-refractivity contribution in [3.63, 3.8) is 0 Å². The van der Waals surface area contributed by atoms with Crippen LogP contribution in [0.3, 0.4) is 0 Å². The highest BCUT2D eigenvalue weighted by molar-refractivity contribution is 5.89. The summed E-state index contributed by atoms with van der Waals surface area (Å²) in [4.78, 5) is 16.0. The van der Waals surface area contributed by atoms with Gasteiger partial charge in [-0.05, 0) is 39.8 Å². The van der Waals surface area contributed by atoms with Crippen molar-refractivity contribution in [3.8, 4) is 0 Å². The Morgan fingerprint density at radius 1 is 1.39 bits per heavy atom. The summed E-state index contributed by atoms with van der Waals surface area (Å²) in [6.07, 6.45) is -0.578. The van der Waals surface area contributed by atoms with Crippen LogP contribution in [0.4, 0.5) is 9.18 Å². The standard InChI is InChI=1S/C17H23FN2O3/c1-11(13-8-7-9-14(18)10-13)19-15(22-6)12(2)20-16(21)23-17(3,4)5/h7-10,12H,1H2,2-6H3,(H,20,21). The van der Waals surface area contributed by atoms with Crippen molar-refractivity contribution >= 4 is 17.7 Å². The van der Waals surface area contributed by atoms with Crippen LogP contribution in [0.2, 0.25) is 0 Å². The van der Waals surface area contributed by atoms with Gasteiger partial charge in [0.1, 0.15) is 17.5 Å². The molecule has 0 saturated carbocycles. The van der Waals surface area contributed by atoms with Crippen molar-refractivity contribution in [2.24, 2.45) is 4.99 Å². The van der Waals surface area contributed by atoms with Gasteiger partial charge in [0.25, 0.3) is 0 Å². The second-order valence-electron chi connectivity index (χ2n) is 5.98. The Hall–Kier alpha value is -2.37. The number of methoxy groups -OCH3 is 1. The summed E-state index contributed by atoms with van der Waals surface area (Å²) in [5.74, 6) is -0.136. The van der Waals surface area contributed by atoms with E-state index < -0.39 is 17.7 Å². The van der Waals surface area contributed by atoms with Crippen LogP contribution in [0.15, 0.2) is 35.8 Å². The van der Waals surface area contributed by atoms with Crippen LogP contribution in [-0.2, 0) is 9.47 Å². The molecule has 1 aromatic carbocycles. The van der Waals surface area contributed by atoms with Crippen molar-refractivity contribution in [1.29, 1.82) is 0 Å². The number of benzene rings is 1. The average molecular weight is 322 g/mol. The molecule has 0 spiro atoms. The number of carbonyl (C=O) groups excluding carboxylic acids is 1. The van der Waals surface area contributed by atoms with E-state index in [1.807, 2.05) is 0 Å². The molecule has 5 nitrogen and oxygen atoms in total. The van der Waals surface area contributed by atoms with Crippen LogP contribution in [0, 0.1) is 5.82 Å². The molecule has 1 rings (SSSR count). The maximum absolute atomic E-state index is 13.2. The average Bonchev–Trinajstić information content (AvgIpc) is 2.42. The third kappa shape index (κ3) is 6.50. The van der Waals surface area contributed by atoms with E-state index >= 15 is 0 Å². The normalized spacial score (nSPS) is 13.2. The molecule has 0 aromatic heterocycles. The van der Waals surface area contributed by atoms with Gasteiger partial charge in [-0.3, -0.25) is 0 Å². The summed E-state index contributed by atoms with van der Waals surface area (Å²) in [7, 11) is 1.44. The molecule has 126 valence electrons. The van der Waals surface area contributed by atoms with E-state index in [9.17, 15) is 9.18 Å². The van der Waals surface area contributed by atoms with Crippen LogP contribution >= 0.6 is 0 Å². The van der Waals surface area contributed by atoms with Crippen LogP contribution in [0.1, 0.15) is 33.3 Å². The third-order valence-corrected chi connectivity index (χ3v) is 2.72. The van der Waals surface area contributed by atoms with Gasteiger partial charge in [-0.25, -0.2) is 14.2 Å². The highest BCUT2D eigenvalue weighted by Crippen LogP contribution is 2.16. The molecular weight excluding hydrogens is 299 g/mol. The molecule has 1 N–H and O–H groups in total. The first-order valence-corrected chi connectivity index (χ1v) is 7.19. The van der Waals surface area contributed by atoms with E-state index in [1.165, 1.54) is 19.2 Å². The molecule has 0 saturated heterocycles. The fraction of sp³-hybridized carbons (Fsp3) is 0.412. The van der Waals surface area contributed by atoms with E-state index in [1.54, 1.807) is 39.8 Å². The summed E-state index contributed by atoms with van der Waals surface area (Å²) in [6, 6.07) is 5.39. The molecular formula is C17H23FN2O3. The van der Waals surface area contributed by atoms with E-state index in [0.29, 0.717) is 11.3 Å². The van der Waals surface area contributed by atoms with E-state index in [0.717, 1.165) is 0 Å². The molecule has 0 radical (unpaired) electrons. The fourth-order valence-corrected chi connectivity index (χ4v) is 1.73. The molecule has 0 fully saturated rings. The second-order valence-corrected chi connectivity index (χ2v) is 5.98. The number of nitrogens with zero attached hydrogens (tertiary/aromatic N) is 1. The smallest absolute Gasteiger partial charge is 0.408 e. The highest BCUT2D eigenvalue weighted by atomic mass is 19.1. The molecule has 0 heterocycles. The Bertz CT molecular complexity index is 606. The first kappa shape index (κ1) is 18.7. The van der Waals surface area contributed by atoms with E-state index in [2.05, 4.69) is 16.9 Å². The molecule has 0 aliphatic heterocycles. The summed E-state index contributed by atoms with van der Waals surface area (Å²) >= 11 is 0. The SMILES string of the molecule is C=C(N=C(OC)C(C)NC(=O)OC(C)(C)C)c1cccc(F)c1. The zero-order chi connectivity index (χ0) is 17.6. The lowest BCUT2D eigenvalue weighted by atomic mass is 10.2. The molecule has 0 bridgehead atoms. The van der Waals surface area contributed by atoms with Crippen LogP contribution in [0.25, 0.3) is 5.70 Å². The number of amides is 1. The summed E-state index contributed by atoms with van der Waals surface area (Å²) in [5, 5.41) is 2.62. The van der Waals surface area contributed by atoms with Crippen LogP contribution in [0.5, 0.6) is 0 Å². The molecule has 0 aliphatic carbocycles. The summed E-state index contributed by atoms with van der Waals surface area (Å²) in [6.45, 7) is 10.8. The predicted octanol–water partition coefficient (Wildman–Crippen LogP) is 3.75. The lowest BCUT2D eigenvalue weighted by Crippen LogP contribution is -2.42. The summed E-state index contributed by atoms with van der Waals surface area (Å²) < 4.78 is 23.6. The Balaban J connectivity index is 2.81. The minimum atomic E-state index is -0.598. The molecule has 23 heavy (non-hydrogen) atoms. The van der Waals surface area contributed by atoms with Gasteiger partial charge in [-0.2, -0.15) is 0 Å². The number of alkyl carbamates (subject to hydrolysis) is 1. The van der Waals surface area contributed by atoms with E-state index in [-0.39, 0.29) is 11.7 Å². The lowest BCUT2D eigenvalue weighted by molar-refractivity contribution is 0.0517. The predicted molar refractivity (Wildman–Crippen MR) is 88.7 cm³/mol. The molecule has 6 heteroatoms. The van der Waals surface area contributed by atoms with Gasteiger partial charge >= 0.3 is 6.09 Å². The minimum absolute atomic E-state index is 0.241. The van der Waals surface area contributed by atoms with Gasteiger partial charge in [0.15, 0.2) is 0 Å². The number of ether oxygens (including phenoxy) is 2. The fourth-order valence-electron chi connectivity index (χ4n) is 1.73. The Kier molecular flexibility index (Phi) is 6.30. The number of hydrogen-bond donors (Lipinski definition) is 1. The summed E-state index contributed by atoms with van der Waals surface area (Å²) in [5.41, 5.74) is 0.266. The van der Waals surface area contributed by atoms with Gasteiger partial charge in [-0.1, -0.05) is 18.7 Å². The Labute approximate surface area is 136 Å². The monoisotopic (exact) mass is 322 g/mol. The quantitative estimate of drug-likeness (QED) is 0.678. The van der Waals surface area contributed by atoms with E-state index in [4.69, 9.17) is 9.47 Å². The van der Waals surface area contributed by atoms with Gasteiger partial charge in [0, 0.05) is 5.56 Å². The lowest BCUT2D eigenvalue weighted by Gasteiger charge is -2.22. The molecule has 0 aliphatic rings. The van der Waals surface area contributed by atoms with Crippen molar-refractivity contribution in [2.45, 2.75) is 39.3 Å². The Morgan fingerprint density at radius 2 is 2.04 bits per heavy atom. The number of aliphatic imine (C=N–C) groups is 1. The van der Waals surface area contributed by atoms with Gasteiger partial charge in [0.2, 0.25) is 5.90 Å². The second kappa shape index (κ2) is 7.76. The largest absolute Gasteiger partial charge is 0.483 e. The van der Waals surface area contributed by atoms with Crippen molar-refractivity contribution in [2.75, 3.05) is 7.11 Å². The minimum Gasteiger partial charge on any atom is -0.483 e. The van der Waals surface area contributed by atoms with Gasteiger partial charge < -0.3 is 14.8 Å². The number of hydrogen-bond acceptors (Lipinski definition) is 4. The molecule has 1 aromatic rings. The van der Waals surface area contributed by atoms with Crippen molar-refractivity contribution in [1.82, 2.24) is 5.32 Å². The van der Waals surface area contributed by atoms with Gasteiger partial charge in [-0.15, -0.1) is 0 Å². The van der Waals surface area contributed by atoms with Crippen molar-refractivity contribution in [3.05, 3.63) is 42.2 Å². The number of carbonyl (C=O) groups is 1.